The van der Waals surface area contributed by atoms with Crippen molar-refractivity contribution in [3.63, 3.8) is 0 Å². The Morgan fingerprint density at radius 1 is 1.42 bits per heavy atom. The molecule has 2 rings (SSSR count). The van der Waals surface area contributed by atoms with E-state index in [4.69, 9.17) is 5.73 Å². The molecule has 0 aliphatic carbocycles. The number of rotatable bonds is 4. The Labute approximate surface area is 117 Å². The highest BCUT2D eigenvalue weighted by Crippen LogP contribution is 2.31. The first kappa shape index (κ1) is 14.5. The maximum atomic E-state index is 6.48. The quantitative estimate of drug-likeness (QED) is 0.909. The Kier molecular flexibility index (Phi) is 4.99. The monoisotopic (exact) mass is 264 g/mol. The van der Waals surface area contributed by atoms with Crippen LogP contribution in [0.5, 0.6) is 0 Å². The Morgan fingerprint density at radius 3 is 2.89 bits per heavy atom. The Bertz CT molecular complexity index is 385. The highest BCUT2D eigenvalue weighted by molar-refractivity contribution is 5.10. The average molecular weight is 264 g/mol. The first-order valence-corrected chi connectivity index (χ1v) is 7.66. The molecule has 1 aromatic heterocycles. The van der Waals surface area contributed by atoms with Crippen molar-refractivity contribution < 1.29 is 0 Å². The predicted octanol–water partition coefficient (Wildman–Crippen LogP) is 2.56. The highest BCUT2D eigenvalue weighted by atomic mass is 15.2. The third-order valence-electron chi connectivity index (χ3n) is 4.14. The van der Waals surface area contributed by atoms with Crippen LogP contribution in [0, 0.1) is 0 Å². The van der Waals surface area contributed by atoms with E-state index in [2.05, 4.69) is 35.2 Å². The van der Waals surface area contributed by atoms with Crippen molar-refractivity contribution in [2.45, 2.75) is 71.1 Å². The van der Waals surface area contributed by atoms with Gasteiger partial charge in [0.15, 0.2) is 0 Å². The minimum Gasteiger partial charge on any atom is -0.333 e. The molecule has 0 bridgehead atoms. The molecule has 0 saturated carbocycles. The Balaban J connectivity index is 2.32. The standard InChI is InChI=1S/C15H28N4/c1-4-8-18-11-17-10-14(18)15-13(16)7-5-6-9-19(15)12(2)3/h10-13,15H,4-9,16H2,1-3H3. The van der Waals surface area contributed by atoms with Crippen molar-refractivity contribution >= 4 is 0 Å². The number of likely N-dealkylation sites (tertiary alicyclic amines) is 1. The van der Waals surface area contributed by atoms with Gasteiger partial charge in [-0.3, -0.25) is 4.90 Å². The molecular weight excluding hydrogens is 236 g/mol. The van der Waals surface area contributed by atoms with E-state index >= 15 is 0 Å². The maximum Gasteiger partial charge on any atom is 0.0948 e. The molecule has 1 aliphatic rings. The molecular formula is C15H28N4. The number of hydrogen-bond donors (Lipinski definition) is 1. The molecule has 2 atom stereocenters. The number of hydrogen-bond acceptors (Lipinski definition) is 3. The molecule has 108 valence electrons. The molecule has 4 heteroatoms. The molecule has 1 aliphatic heterocycles. The smallest absolute Gasteiger partial charge is 0.0948 e. The van der Waals surface area contributed by atoms with Crippen LogP contribution in [0.3, 0.4) is 0 Å². The molecule has 2 heterocycles. The summed E-state index contributed by atoms with van der Waals surface area (Å²) in [6.07, 6.45) is 8.71. The van der Waals surface area contributed by atoms with Gasteiger partial charge in [0.25, 0.3) is 0 Å². The fourth-order valence-corrected chi connectivity index (χ4v) is 3.19. The second-order valence-corrected chi connectivity index (χ2v) is 5.95. The lowest BCUT2D eigenvalue weighted by Gasteiger charge is -2.36. The third kappa shape index (κ3) is 3.18. The van der Waals surface area contributed by atoms with Gasteiger partial charge in [-0.2, -0.15) is 0 Å². The lowest BCUT2D eigenvalue weighted by Crippen LogP contribution is -2.44. The summed E-state index contributed by atoms with van der Waals surface area (Å²) in [6.45, 7) is 8.92. The number of imidazole rings is 1. The number of nitrogens with two attached hydrogens (primary N) is 1. The van der Waals surface area contributed by atoms with Gasteiger partial charge in [-0.15, -0.1) is 0 Å². The molecule has 4 nitrogen and oxygen atoms in total. The number of aromatic nitrogens is 2. The van der Waals surface area contributed by atoms with Crippen LogP contribution in [-0.4, -0.2) is 33.1 Å². The second-order valence-electron chi connectivity index (χ2n) is 5.95. The predicted molar refractivity (Wildman–Crippen MR) is 78.9 cm³/mol. The van der Waals surface area contributed by atoms with Crippen LogP contribution in [0.15, 0.2) is 12.5 Å². The van der Waals surface area contributed by atoms with Gasteiger partial charge in [-0.1, -0.05) is 13.3 Å². The normalized spacial score (nSPS) is 25.7. The zero-order valence-electron chi connectivity index (χ0n) is 12.5. The van der Waals surface area contributed by atoms with Crippen molar-refractivity contribution in [2.75, 3.05) is 6.54 Å². The Hall–Kier alpha value is -0.870. The molecule has 0 aromatic carbocycles. The van der Waals surface area contributed by atoms with E-state index in [1.807, 2.05) is 12.5 Å². The Morgan fingerprint density at radius 2 is 2.21 bits per heavy atom. The minimum absolute atomic E-state index is 0.220. The van der Waals surface area contributed by atoms with E-state index in [1.54, 1.807) is 0 Å². The first-order chi connectivity index (χ1) is 9.15. The zero-order valence-corrected chi connectivity index (χ0v) is 12.5. The van der Waals surface area contributed by atoms with Gasteiger partial charge >= 0.3 is 0 Å². The van der Waals surface area contributed by atoms with Gasteiger partial charge in [0, 0.05) is 24.8 Å². The fourth-order valence-electron chi connectivity index (χ4n) is 3.19. The van der Waals surface area contributed by atoms with Crippen LogP contribution in [0.2, 0.25) is 0 Å². The van der Waals surface area contributed by atoms with E-state index in [9.17, 15) is 0 Å². The summed E-state index contributed by atoms with van der Waals surface area (Å²) in [6, 6.07) is 1.06. The van der Waals surface area contributed by atoms with E-state index in [0.29, 0.717) is 12.1 Å². The summed E-state index contributed by atoms with van der Waals surface area (Å²) in [5.74, 6) is 0. The highest BCUT2D eigenvalue weighted by Gasteiger charge is 2.32. The van der Waals surface area contributed by atoms with Crippen molar-refractivity contribution in [3.8, 4) is 0 Å². The summed E-state index contributed by atoms with van der Waals surface area (Å²) < 4.78 is 2.28. The molecule has 0 amide bonds. The first-order valence-electron chi connectivity index (χ1n) is 7.66. The van der Waals surface area contributed by atoms with Crippen LogP contribution >= 0.6 is 0 Å². The van der Waals surface area contributed by atoms with Crippen molar-refractivity contribution in [3.05, 3.63) is 18.2 Å². The number of nitrogens with zero attached hydrogens (tertiary/aromatic N) is 3. The van der Waals surface area contributed by atoms with Crippen molar-refractivity contribution in [1.82, 2.24) is 14.5 Å². The largest absolute Gasteiger partial charge is 0.333 e. The van der Waals surface area contributed by atoms with Crippen LogP contribution in [0.4, 0.5) is 0 Å². The second kappa shape index (κ2) is 6.53. The van der Waals surface area contributed by atoms with Crippen LogP contribution in [0.25, 0.3) is 0 Å². The average Bonchev–Trinajstić information content (AvgIpc) is 2.72. The molecule has 0 radical (unpaired) electrons. The molecule has 2 unspecified atom stereocenters. The molecule has 1 fully saturated rings. The van der Waals surface area contributed by atoms with Crippen LogP contribution in [-0.2, 0) is 6.54 Å². The van der Waals surface area contributed by atoms with Crippen LogP contribution in [0.1, 0.15) is 58.2 Å². The van der Waals surface area contributed by atoms with Gasteiger partial charge in [0.2, 0.25) is 0 Å². The number of aryl methyl sites for hydroxylation is 1. The fraction of sp³-hybridized carbons (Fsp3) is 0.800. The van der Waals surface area contributed by atoms with Gasteiger partial charge in [-0.05, 0) is 39.7 Å². The van der Waals surface area contributed by atoms with Gasteiger partial charge in [-0.25, -0.2) is 4.98 Å². The lowest BCUT2D eigenvalue weighted by molar-refractivity contribution is 0.137. The van der Waals surface area contributed by atoms with Crippen LogP contribution < -0.4 is 5.73 Å². The summed E-state index contributed by atoms with van der Waals surface area (Å²) in [4.78, 5) is 6.91. The molecule has 19 heavy (non-hydrogen) atoms. The molecule has 2 N–H and O–H groups in total. The van der Waals surface area contributed by atoms with Gasteiger partial charge in [0.1, 0.15) is 0 Å². The summed E-state index contributed by atoms with van der Waals surface area (Å²) in [7, 11) is 0. The summed E-state index contributed by atoms with van der Waals surface area (Å²) >= 11 is 0. The minimum atomic E-state index is 0.220. The molecule has 1 saturated heterocycles. The van der Waals surface area contributed by atoms with E-state index in [0.717, 1.165) is 25.9 Å². The summed E-state index contributed by atoms with van der Waals surface area (Å²) in [5.41, 5.74) is 7.78. The SMILES string of the molecule is CCCn1cncc1C1C(N)CCCCN1C(C)C. The third-order valence-corrected chi connectivity index (χ3v) is 4.14. The van der Waals surface area contributed by atoms with E-state index in [1.165, 1.54) is 18.5 Å². The van der Waals surface area contributed by atoms with Crippen molar-refractivity contribution in [1.29, 1.82) is 0 Å². The summed E-state index contributed by atoms with van der Waals surface area (Å²) in [5, 5.41) is 0. The zero-order chi connectivity index (χ0) is 13.8. The lowest BCUT2D eigenvalue weighted by atomic mass is 10.00. The van der Waals surface area contributed by atoms with Crippen molar-refractivity contribution in [2.24, 2.45) is 5.73 Å². The molecule has 0 spiro atoms. The topological polar surface area (TPSA) is 47.1 Å². The van der Waals surface area contributed by atoms with E-state index < -0.39 is 0 Å². The van der Waals surface area contributed by atoms with Gasteiger partial charge in [0.05, 0.1) is 18.1 Å². The van der Waals surface area contributed by atoms with E-state index in [-0.39, 0.29) is 6.04 Å². The van der Waals surface area contributed by atoms with Gasteiger partial charge < -0.3 is 10.3 Å². The molecule has 1 aromatic rings. The maximum absolute atomic E-state index is 6.48.